The lowest BCUT2D eigenvalue weighted by atomic mass is 10.0. The molecular formula is C14H17F2NO2. The van der Waals surface area contributed by atoms with Crippen LogP contribution in [0, 0.1) is 17.6 Å². The lowest BCUT2D eigenvalue weighted by Crippen LogP contribution is -2.39. The summed E-state index contributed by atoms with van der Waals surface area (Å²) < 4.78 is 26.4. The second-order valence-electron chi connectivity index (χ2n) is 4.94. The summed E-state index contributed by atoms with van der Waals surface area (Å²) in [5, 5.41) is 11.9. The summed E-state index contributed by atoms with van der Waals surface area (Å²) in [6.45, 7) is 0.0409. The zero-order valence-electron chi connectivity index (χ0n) is 10.5. The van der Waals surface area contributed by atoms with Gasteiger partial charge in [0.25, 0.3) is 0 Å². The van der Waals surface area contributed by atoms with Crippen molar-refractivity contribution < 1.29 is 18.7 Å². The molecule has 1 aliphatic carbocycles. The minimum absolute atomic E-state index is 0.0409. The fraction of sp³-hybridized carbons (Fsp3) is 0.500. The molecule has 0 radical (unpaired) electrons. The van der Waals surface area contributed by atoms with E-state index >= 15 is 0 Å². The Kier molecular flexibility index (Phi) is 4.47. The first kappa shape index (κ1) is 13.9. The summed E-state index contributed by atoms with van der Waals surface area (Å²) in [5.74, 6) is -2.18. The Morgan fingerprint density at radius 1 is 1.37 bits per heavy atom. The van der Waals surface area contributed by atoms with Crippen LogP contribution >= 0.6 is 0 Å². The molecule has 2 atom stereocenters. The molecular weight excluding hydrogens is 252 g/mol. The third kappa shape index (κ3) is 3.29. The van der Waals surface area contributed by atoms with Crippen LogP contribution in [-0.4, -0.2) is 23.7 Å². The summed E-state index contributed by atoms with van der Waals surface area (Å²) in [4.78, 5) is 11.8. The maximum absolute atomic E-state index is 13.4. The van der Waals surface area contributed by atoms with E-state index < -0.39 is 11.6 Å². The minimum atomic E-state index is -0.970. The van der Waals surface area contributed by atoms with Gasteiger partial charge >= 0.3 is 0 Å². The minimum Gasteiger partial charge on any atom is -0.396 e. The molecule has 1 fully saturated rings. The van der Waals surface area contributed by atoms with Gasteiger partial charge in [0.2, 0.25) is 5.91 Å². The molecule has 0 heterocycles. The van der Waals surface area contributed by atoms with E-state index in [2.05, 4.69) is 5.32 Å². The van der Waals surface area contributed by atoms with Gasteiger partial charge in [-0.25, -0.2) is 8.78 Å². The lowest BCUT2D eigenvalue weighted by Gasteiger charge is -2.19. The molecule has 5 heteroatoms. The standard InChI is InChI=1S/C14H17F2NO2/c15-11-5-1-3-9(14(11)16)7-13(19)17-12-6-2-4-10(12)8-18/h1,3,5,10,12,18H,2,4,6-8H2,(H,17,19). The first-order valence-corrected chi connectivity index (χ1v) is 6.45. The van der Waals surface area contributed by atoms with E-state index in [0.717, 1.165) is 25.3 Å². The number of benzene rings is 1. The van der Waals surface area contributed by atoms with Crippen LogP contribution in [0.25, 0.3) is 0 Å². The van der Waals surface area contributed by atoms with Crippen molar-refractivity contribution in [3.63, 3.8) is 0 Å². The Morgan fingerprint density at radius 2 is 2.16 bits per heavy atom. The van der Waals surface area contributed by atoms with Crippen molar-refractivity contribution in [2.75, 3.05) is 6.61 Å². The first-order chi connectivity index (χ1) is 9.11. The van der Waals surface area contributed by atoms with Crippen molar-refractivity contribution in [2.24, 2.45) is 5.92 Å². The summed E-state index contributed by atoms with van der Waals surface area (Å²) in [6.07, 6.45) is 2.49. The quantitative estimate of drug-likeness (QED) is 0.875. The zero-order valence-corrected chi connectivity index (χ0v) is 10.5. The van der Waals surface area contributed by atoms with Crippen LogP contribution in [0.4, 0.5) is 8.78 Å². The Balaban J connectivity index is 1.96. The number of carbonyl (C=O) groups excluding carboxylic acids is 1. The van der Waals surface area contributed by atoms with Crippen LogP contribution < -0.4 is 5.32 Å². The molecule has 1 saturated carbocycles. The predicted octanol–water partition coefficient (Wildman–Crippen LogP) is 1.78. The maximum Gasteiger partial charge on any atom is 0.224 e. The molecule has 0 aliphatic heterocycles. The van der Waals surface area contributed by atoms with E-state index in [9.17, 15) is 13.6 Å². The fourth-order valence-electron chi connectivity index (χ4n) is 2.56. The third-order valence-corrected chi connectivity index (χ3v) is 3.62. The SMILES string of the molecule is O=C(Cc1cccc(F)c1F)NC1CCCC1CO. The predicted molar refractivity (Wildman–Crippen MR) is 66.4 cm³/mol. The molecule has 2 unspecified atom stereocenters. The molecule has 1 aromatic carbocycles. The van der Waals surface area contributed by atoms with Crippen LogP contribution in [0.1, 0.15) is 24.8 Å². The molecule has 0 spiro atoms. The summed E-state index contributed by atoms with van der Waals surface area (Å²) >= 11 is 0. The van der Waals surface area contributed by atoms with Gasteiger partial charge in [-0.2, -0.15) is 0 Å². The summed E-state index contributed by atoms with van der Waals surface area (Å²) in [5.41, 5.74) is 0.0519. The Labute approximate surface area is 110 Å². The van der Waals surface area contributed by atoms with Crippen molar-refractivity contribution in [2.45, 2.75) is 31.7 Å². The second kappa shape index (κ2) is 6.10. The van der Waals surface area contributed by atoms with Crippen LogP contribution in [0.3, 0.4) is 0 Å². The number of halogens is 2. The molecule has 2 rings (SSSR count). The molecule has 1 amide bonds. The third-order valence-electron chi connectivity index (χ3n) is 3.62. The lowest BCUT2D eigenvalue weighted by molar-refractivity contribution is -0.121. The highest BCUT2D eigenvalue weighted by Crippen LogP contribution is 2.25. The van der Waals surface area contributed by atoms with Crippen LogP contribution in [0.15, 0.2) is 18.2 Å². The van der Waals surface area contributed by atoms with Crippen LogP contribution in [0.2, 0.25) is 0 Å². The molecule has 2 N–H and O–H groups in total. The average Bonchev–Trinajstić information content (AvgIpc) is 2.82. The molecule has 3 nitrogen and oxygen atoms in total. The van der Waals surface area contributed by atoms with E-state index in [1.165, 1.54) is 12.1 Å². The van der Waals surface area contributed by atoms with E-state index in [4.69, 9.17) is 5.11 Å². The van der Waals surface area contributed by atoms with Gasteiger partial charge in [-0.05, 0) is 18.9 Å². The molecule has 1 aromatic rings. The Morgan fingerprint density at radius 3 is 2.89 bits per heavy atom. The number of hydrogen-bond donors (Lipinski definition) is 2. The van der Waals surface area contributed by atoms with Gasteiger partial charge in [0, 0.05) is 24.1 Å². The molecule has 104 valence electrons. The number of nitrogens with one attached hydrogen (secondary N) is 1. The van der Waals surface area contributed by atoms with Crippen molar-refractivity contribution >= 4 is 5.91 Å². The Bertz CT molecular complexity index is 465. The van der Waals surface area contributed by atoms with Crippen molar-refractivity contribution in [3.05, 3.63) is 35.4 Å². The van der Waals surface area contributed by atoms with Gasteiger partial charge in [-0.3, -0.25) is 4.79 Å². The highest BCUT2D eigenvalue weighted by atomic mass is 19.2. The fourth-order valence-corrected chi connectivity index (χ4v) is 2.56. The normalized spacial score (nSPS) is 22.5. The van der Waals surface area contributed by atoms with Gasteiger partial charge < -0.3 is 10.4 Å². The molecule has 0 bridgehead atoms. The topological polar surface area (TPSA) is 49.3 Å². The molecule has 1 aliphatic rings. The molecule has 19 heavy (non-hydrogen) atoms. The summed E-state index contributed by atoms with van der Waals surface area (Å²) in [7, 11) is 0. The summed E-state index contributed by atoms with van der Waals surface area (Å²) in [6, 6.07) is 3.74. The second-order valence-corrected chi connectivity index (χ2v) is 4.94. The number of hydrogen-bond acceptors (Lipinski definition) is 2. The number of amides is 1. The van der Waals surface area contributed by atoms with Crippen molar-refractivity contribution in [3.8, 4) is 0 Å². The van der Waals surface area contributed by atoms with E-state index in [-0.39, 0.29) is 36.5 Å². The number of aliphatic hydroxyl groups excluding tert-OH is 1. The largest absolute Gasteiger partial charge is 0.396 e. The number of rotatable bonds is 4. The average molecular weight is 269 g/mol. The number of aliphatic hydroxyl groups is 1. The monoisotopic (exact) mass is 269 g/mol. The van der Waals surface area contributed by atoms with E-state index in [1.54, 1.807) is 0 Å². The van der Waals surface area contributed by atoms with Crippen molar-refractivity contribution in [1.29, 1.82) is 0 Å². The molecule has 0 saturated heterocycles. The smallest absolute Gasteiger partial charge is 0.224 e. The van der Waals surface area contributed by atoms with Gasteiger partial charge in [0.1, 0.15) is 0 Å². The molecule has 0 aromatic heterocycles. The van der Waals surface area contributed by atoms with Gasteiger partial charge in [-0.1, -0.05) is 18.6 Å². The Hall–Kier alpha value is -1.49. The highest BCUT2D eigenvalue weighted by molar-refractivity contribution is 5.79. The van der Waals surface area contributed by atoms with Gasteiger partial charge in [-0.15, -0.1) is 0 Å². The van der Waals surface area contributed by atoms with Crippen molar-refractivity contribution in [1.82, 2.24) is 5.32 Å². The van der Waals surface area contributed by atoms with Gasteiger partial charge in [0.15, 0.2) is 11.6 Å². The van der Waals surface area contributed by atoms with Crippen LogP contribution in [-0.2, 0) is 11.2 Å². The number of carbonyl (C=O) groups is 1. The van der Waals surface area contributed by atoms with E-state index in [0.29, 0.717) is 0 Å². The highest BCUT2D eigenvalue weighted by Gasteiger charge is 2.28. The van der Waals surface area contributed by atoms with E-state index in [1.807, 2.05) is 0 Å². The maximum atomic E-state index is 13.4. The first-order valence-electron chi connectivity index (χ1n) is 6.45. The van der Waals surface area contributed by atoms with Crippen LogP contribution in [0.5, 0.6) is 0 Å². The van der Waals surface area contributed by atoms with Gasteiger partial charge in [0.05, 0.1) is 6.42 Å². The zero-order chi connectivity index (χ0) is 13.8.